The third-order valence-corrected chi connectivity index (χ3v) is 4.43. The zero-order chi connectivity index (χ0) is 18.1. The summed E-state index contributed by atoms with van der Waals surface area (Å²) in [6.07, 6.45) is 2.01. The number of aromatic nitrogens is 4. The van der Waals surface area contributed by atoms with E-state index in [0.29, 0.717) is 17.5 Å². The molecule has 0 aromatic carbocycles. The van der Waals surface area contributed by atoms with Crippen LogP contribution in [-0.4, -0.2) is 45.8 Å². The van der Waals surface area contributed by atoms with Crippen LogP contribution in [0.1, 0.15) is 11.3 Å². The Morgan fingerprint density at radius 2 is 1.81 bits per heavy atom. The Bertz CT molecular complexity index is 930. The van der Waals surface area contributed by atoms with Crippen molar-refractivity contribution < 1.29 is 4.74 Å². The molecule has 1 saturated heterocycles. The first-order valence-corrected chi connectivity index (χ1v) is 8.71. The SMILES string of the molecule is Cc1cc(C)n(-c2nc(N)cc(-c3cccc(N4CCOCC4)n3)n2)c1. The predicted octanol–water partition coefficient (Wildman–Crippen LogP) is 2.36. The van der Waals surface area contributed by atoms with Crippen LogP contribution in [0.3, 0.4) is 0 Å². The van der Waals surface area contributed by atoms with Gasteiger partial charge in [-0.15, -0.1) is 0 Å². The van der Waals surface area contributed by atoms with Crippen molar-refractivity contribution in [3.8, 4) is 17.3 Å². The smallest absolute Gasteiger partial charge is 0.236 e. The summed E-state index contributed by atoms with van der Waals surface area (Å²) in [6, 6.07) is 9.81. The topological polar surface area (TPSA) is 82.1 Å². The number of hydrogen-bond acceptors (Lipinski definition) is 6. The van der Waals surface area contributed by atoms with Crippen LogP contribution in [0.5, 0.6) is 0 Å². The fourth-order valence-electron chi connectivity index (χ4n) is 3.18. The third-order valence-electron chi connectivity index (χ3n) is 4.43. The van der Waals surface area contributed by atoms with Crippen LogP contribution in [0.4, 0.5) is 11.6 Å². The quantitative estimate of drug-likeness (QED) is 0.781. The van der Waals surface area contributed by atoms with Crippen LogP contribution in [-0.2, 0) is 4.74 Å². The summed E-state index contributed by atoms with van der Waals surface area (Å²) in [6.45, 7) is 7.21. The largest absolute Gasteiger partial charge is 0.384 e. The molecule has 0 spiro atoms. The molecule has 7 heteroatoms. The number of aryl methyl sites for hydroxylation is 2. The second-order valence-electron chi connectivity index (χ2n) is 6.49. The highest BCUT2D eigenvalue weighted by atomic mass is 16.5. The molecule has 0 bridgehead atoms. The molecular formula is C19H22N6O. The number of nitrogens with zero attached hydrogens (tertiary/aromatic N) is 5. The lowest BCUT2D eigenvalue weighted by molar-refractivity contribution is 0.122. The number of hydrogen-bond donors (Lipinski definition) is 1. The van der Waals surface area contributed by atoms with E-state index in [9.17, 15) is 0 Å². The molecular weight excluding hydrogens is 328 g/mol. The van der Waals surface area contributed by atoms with Crippen molar-refractivity contribution in [2.75, 3.05) is 36.9 Å². The van der Waals surface area contributed by atoms with Gasteiger partial charge in [0.1, 0.15) is 11.6 Å². The van der Waals surface area contributed by atoms with E-state index < -0.39 is 0 Å². The van der Waals surface area contributed by atoms with Gasteiger partial charge in [0.25, 0.3) is 0 Å². The Morgan fingerprint density at radius 3 is 2.54 bits per heavy atom. The van der Waals surface area contributed by atoms with Gasteiger partial charge in [-0.1, -0.05) is 6.07 Å². The first-order chi connectivity index (χ1) is 12.6. The summed E-state index contributed by atoms with van der Waals surface area (Å²) in [7, 11) is 0. The molecule has 4 rings (SSSR count). The van der Waals surface area contributed by atoms with Gasteiger partial charge in [-0.3, -0.25) is 4.57 Å². The van der Waals surface area contributed by atoms with Crippen molar-refractivity contribution >= 4 is 11.6 Å². The second-order valence-corrected chi connectivity index (χ2v) is 6.49. The molecule has 134 valence electrons. The molecule has 1 fully saturated rings. The van der Waals surface area contributed by atoms with Crippen LogP contribution >= 0.6 is 0 Å². The summed E-state index contributed by atoms with van der Waals surface area (Å²) < 4.78 is 7.37. The highest BCUT2D eigenvalue weighted by molar-refractivity contribution is 5.61. The number of nitrogen functional groups attached to an aromatic ring is 1. The molecule has 7 nitrogen and oxygen atoms in total. The zero-order valence-corrected chi connectivity index (χ0v) is 15.0. The average Bonchev–Trinajstić information content (AvgIpc) is 3.00. The van der Waals surface area contributed by atoms with E-state index in [-0.39, 0.29) is 0 Å². The molecule has 4 heterocycles. The van der Waals surface area contributed by atoms with E-state index in [4.69, 9.17) is 20.4 Å². The second kappa shape index (κ2) is 6.76. The maximum Gasteiger partial charge on any atom is 0.236 e. The lowest BCUT2D eigenvalue weighted by atomic mass is 10.2. The number of anilines is 2. The number of ether oxygens (including phenoxy) is 1. The van der Waals surface area contributed by atoms with Crippen molar-refractivity contribution in [2.45, 2.75) is 13.8 Å². The minimum atomic E-state index is 0.425. The number of morpholine rings is 1. The average molecular weight is 350 g/mol. The first kappa shape index (κ1) is 16.5. The molecule has 1 aliphatic rings. The van der Waals surface area contributed by atoms with E-state index in [0.717, 1.165) is 49.1 Å². The van der Waals surface area contributed by atoms with Crippen LogP contribution in [0, 0.1) is 13.8 Å². The maximum absolute atomic E-state index is 6.05. The number of nitrogens with two attached hydrogens (primary N) is 1. The lowest BCUT2D eigenvalue weighted by Gasteiger charge is -2.28. The van der Waals surface area contributed by atoms with Gasteiger partial charge >= 0.3 is 0 Å². The Hall–Kier alpha value is -2.93. The predicted molar refractivity (Wildman–Crippen MR) is 102 cm³/mol. The standard InChI is InChI=1S/C19H22N6O/c1-13-10-14(2)25(12-13)19-22-16(11-17(20)23-19)15-4-3-5-18(21-15)24-6-8-26-9-7-24/h3-5,10-12H,6-9H2,1-2H3,(H2,20,22,23). The van der Waals surface area contributed by atoms with Gasteiger partial charge in [0, 0.05) is 31.0 Å². The van der Waals surface area contributed by atoms with Crippen LogP contribution in [0.15, 0.2) is 36.5 Å². The monoisotopic (exact) mass is 350 g/mol. The van der Waals surface area contributed by atoms with Crippen molar-refractivity contribution in [3.63, 3.8) is 0 Å². The Balaban J connectivity index is 1.73. The van der Waals surface area contributed by atoms with E-state index in [2.05, 4.69) is 16.0 Å². The molecule has 26 heavy (non-hydrogen) atoms. The van der Waals surface area contributed by atoms with Gasteiger partial charge in [-0.25, -0.2) is 9.97 Å². The molecule has 0 atom stereocenters. The Morgan fingerprint density at radius 1 is 1.00 bits per heavy atom. The van der Waals surface area contributed by atoms with Crippen molar-refractivity contribution in [3.05, 3.63) is 47.8 Å². The van der Waals surface area contributed by atoms with Gasteiger partial charge in [0.15, 0.2) is 0 Å². The van der Waals surface area contributed by atoms with E-state index >= 15 is 0 Å². The molecule has 0 unspecified atom stereocenters. The van der Waals surface area contributed by atoms with Gasteiger partial charge in [-0.2, -0.15) is 4.98 Å². The lowest BCUT2D eigenvalue weighted by Crippen LogP contribution is -2.36. The summed E-state index contributed by atoms with van der Waals surface area (Å²) in [5.74, 6) is 1.91. The third kappa shape index (κ3) is 3.25. The fraction of sp³-hybridized carbons (Fsp3) is 0.316. The highest BCUT2D eigenvalue weighted by Gasteiger charge is 2.15. The van der Waals surface area contributed by atoms with Gasteiger partial charge in [0.2, 0.25) is 5.95 Å². The van der Waals surface area contributed by atoms with Gasteiger partial charge in [-0.05, 0) is 37.6 Å². The number of rotatable bonds is 3. The zero-order valence-electron chi connectivity index (χ0n) is 15.0. The summed E-state index contributed by atoms with van der Waals surface area (Å²) in [4.78, 5) is 16.1. The van der Waals surface area contributed by atoms with Crippen molar-refractivity contribution in [1.29, 1.82) is 0 Å². The minimum Gasteiger partial charge on any atom is -0.384 e. The van der Waals surface area contributed by atoms with Crippen LogP contribution < -0.4 is 10.6 Å². The van der Waals surface area contributed by atoms with Gasteiger partial charge in [0.05, 0.1) is 24.6 Å². The molecule has 1 aliphatic heterocycles. The molecule has 2 N–H and O–H groups in total. The summed E-state index contributed by atoms with van der Waals surface area (Å²) in [5, 5.41) is 0. The highest BCUT2D eigenvalue weighted by Crippen LogP contribution is 2.23. The summed E-state index contributed by atoms with van der Waals surface area (Å²) in [5.41, 5.74) is 9.77. The Labute approximate surface area is 152 Å². The Kier molecular flexibility index (Phi) is 4.30. The number of pyridine rings is 1. The normalized spacial score (nSPS) is 14.6. The van der Waals surface area contributed by atoms with Crippen LogP contribution in [0.25, 0.3) is 17.3 Å². The molecule has 0 saturated carbocycles. The van der Waals surface area contributed by atoms with Crippen molar-refractivity contribution in [1.82, 2.24) is 19.5 Å². The summed E-state index contributed by atoms with van der Waals surface area (Å²) >= 11 is 0. The minimum absolute atomic E-state index is 0.425. The van der Waals surface area contributed by atoms with E-state index in [1.54, 1.807) is 6.07 Å². The molecule has 0 radical (unpaired) electrons. The first-order valence-electron chi connectivity index (χ1n) is 8.71. The van der Waals surface area contributed by atoms with Gasteiger partial charge < -0.3 is 15.4 Å². The molecule has 3 aromatic heterocycles. The molecule has 0 amide bonds. The van der Waals surface area contributed by atoms with Crippen molar-refractivity contribution in [2.24, 2.45) is 0 Å². The van der Waals surface area contributed by atoms with Crippen LogP contribution in [0.2, 0.25) is 0 Å². The molecule has 3 aromatic rings. The fourth-order valence-corrected chi connectivity index (χ4v) is 3.18. The van der Waals surface area contributed by atoms with E-state index in [1.807, 2.05) is 42.8 Å². The maximum atomic E-state index is 6.05. The molecule has 0 aliphatic carbocycles. The van der Waals surface area contributed by atoms with E-state index in [1.165, 1.54) is 0 Å².